The summed E-state index contributed by atoms with van der Waals surface area (Å²) in [6.45, 7) is 0.449. The number of carbonyl (C=O) groups is 1. The molecule has 104 valence electrons. The highest BCUT2D eigenvalue weighted by Gasteiger charge is 2.05. The van der Waals surface area contributed by atoms with Gasteiger partial charge in [-0.05, 0) is 36.6 Å². The number of hydrogen-bond acceptors (Lipinski definition) is 1. The summed E-state index contributed by atoms with van der Waals surface area (Å²) in [4.78, 5) is 11.7. The van der Waals surface area contributed by atoms with Gasteiger partial charge in [0.1, 0.15) is 11.6 Å². The van der Waals surface area contributed by atoms with Gasteiger partial charge in [0.05, 0.1) is 0 Å². The molecule has 0 bridgehead atoms. The molecule has 20 heavy (non-hydrogen) atoms. The van der Waals surface area contributed by atoms with Gasteiger partial charge in [-0.1, -0.05) is 24.3 Å². The molecule has 0 saturated heterocycles. The Labute approximate surface area is 116 Å². The molecule has 1 N–H and O–H groups in total. The van der Waals surface area contributed by atoms with E-state index in [2.05, 4.69) is 5.32 Å². The zero-order valence-electron chi connectivity index (χ0n) is 10.9. The first-order valence-corrected chi connectivity index (χ1v) is 6.44. The summed E-state index contributed by atoms with van der Waals surface area (Å²) in [7, 11) is 0. The fraction of sp³-hybridized carbons (Fsp3) is 0.188. The molecule has 0 radical (unpaired) electrons. The van der Waals surface area contributed by atoms with Crippen molar-refractivity contribution in [3.63, 3.8) is 0 Å². The van der Waals surface area contributed by atoms with Crippen molar-refractivity contribution < 1.29 is 13.6 Å². The van der Waals surface area contributed by atoms with Crippen LogP contribution < -0.4 is 5.32 Å². The van der Waals surface area contributed by atoms with E-state index in [4.69, 9.17) is 0 Å². The van der Waals surface area contributed by atoms with Crippen molar-refractivity contribution in [2.24, 2.45) is 0 Å². The highest BCUT2D eigenvalue weighted by Crippen LogP contribution is 2.11. The van der Waals surface area contributed by atoms with Crippen molar-refractivity contribution >= 4 is 5.91 Å². The molecule has 0 saturated carbocycles. The topological polar surface area (TPSA) is 29.1 Å². The molecule has 0 aliphatic carbocycles. The number of carbonyl (C=O) groups excluding carboxylic acids is 1. The molecule has 0 aliphatic heterocycles. The second-order valence-electron chi connectivity index (χ2n) is 4.46. The SMILES string of the molecule is O=C(NCCCc1ccc(F)cc1F)c1ccccc1. The molecule has 0 spiro atoms. The number of hydrogen-bond donors (Lipinski definition) is 1. The fourth-order valence-corrected chi connectivity index (χ4v) is 1.90. The van der Waals surface area contributed by atoms with Crippen LogP contribution in [0.1, 0.15) is 22.3 Å². The summed E-state index contributed by atoms with van der Waals surface area (Å²) in [5, 5.41) is 2.76. The molecule has 2 aromatic rings. The third kappa shape index (κ3) is 3.88. The van der Waals surface area contributed by atoms with Gasteiger partial charge in [-0.25, -0.2) is 8.78 Å². The van der Waals surface area contributed by atoms with Crippen LogP contribution in [0.4, 0.5) is 8.78 Å². The lowest BCUT2D eigenvalue weighted by molar-refractivity contribution is 0.0953. The van der Waals surface area contributed by atoms with Gasteiger partial charge >= 0.3 is 0 Å². The molecule has 0 atom stereocenters. The number of halogens is 2. The van der Waals surface area contributed by atoms with Crippen molar-refractivity contribution in [3.05, 3.63) is 71.3 Å². The molecule has 0 unspecified atom stereocenters. The first kappa shape index (κ1) is 14.2. The molecular weight excluding hydrogens is 260 g/mol. The van der Waals surface area contributed by atoms with Crippen LogP contribution in [-0.2, 0) is 6.42 Å². The largest absolute Gasteiger partial charge is 0.352 e. The van der Waals surface area contributed by atoms with E-state index in [9.17, 15) is 13.6 Å². The molecule has 0 fully saturated rings. The lowest BCUT2D eigenvalue weighted by Gasteiger charge is -2.06. The van der Waals surface area contributed by atoms with E-state index in [1.165, 1.54) is 12.1 Å². The number of nitrogens with one attached hydrogen (secondary N) is 1. The van der Waals surface area contributed by atoms with Crippen molar-refractivity contribution in [3.8, 4) is 0 Å². The standard InChI is InChI=1S/C16H15F2NO/c17-14-9-8-12(15(18)11-14)7-4-10-19-16(20)13-5-2-1-3-6-13/h1-3,5-6,8-9,11H,4,7,10H2,(H,19,20). The quantitative estimate of drug-likeness (QED) is 0.833. The van der Waals surface area contributed by atoms with Gasteiger partial charge in [-0.3, -0.25) is 4.79 Å². The number of aryl methyl sites for hydroxylation is 1. The van der Waals surface area contributed by atoms with Crippen molar-refractivity contribution in [1.29, 1.82) is 0 Å². The molecule has 1 amide bonds. The first-order chi connectivity index (χ1) is 9.66. The number of amides is 1. The summed E-state index contributed by atoms with van der Waals surface area (Å²) < 4.78 is 26.1. The summed E-state index contributed by atoms with van der Waals surface area (Å²) in [5.41, 5.74) is 1.06. The average molecular weight is 275 g/mol. The molecular formula is C16H15F2NO. The van der Waals surface area contributed by atoms with Crippen molar-refractivity contribution in [1.82, 2.24) is 5.32 Å². The molecule has 2 nitrogen and oxygen atoms in total. The van der Waals surface area contributed by atoms with Crippen LogP contribution in [-0.4, -0.2) is 12.5 Å². The Kier molecular flexibility index (Phi) is 4.82. The van der Waals surface area contributed by atoms with E-state index in [-0.39, 0.29) is 5.91 Å². The average Bonchev–Trinajstić information content (AvgIpc) is 2.46. The molecule has 2 rings (SSSR count). The number of rotatable bonds is 5. The Morgan fingerprint density at radius 1 is 1.05 bits per heavy atom. The molecule has 4 heteroatoms. The van der Waals surface area contributed by atoms with Crippen LogP contribution in [0.3, 0.4) is 0 Å². The summed E-state index contributed by atoms with van der Waals surface area (Å²) in [6, 6.07) is 12.4. The van der Waals surface area contributed by atoms with Crippen LogP contribution in [0.25, 0.3) is 0 Å². The highest BCUT2D eigenvalue weighted by atomic mass is 19.1. The van der Waals surface area contributed by atoms with Gasteiger partial charge in [0.2, 0.25) is 0 Å². The normalized spacial score (nSPS) is 10.3. The van der Waals surface area contributed by atoms with Gasteiger partial charge in [-0.2, -0.15) is 0 Å². The van der Waals surface area contributed by atoms with Crippen molar-refractivity contribution in [2.45, 2.75) is 12.8 Å². The number of benzene rings is 2. The highest BCUT2D eigenvalue weighted by molar-refractivity contribution is 5.94. The smallest absolute Gasteiger partial charge is 0.251 e. The molecule has 0 aromatic heterocycles. The fourth-order valence-electron chi connectivity index (χ4n) is 1.90. The van der Waals surface area contributed by atoms with E-state index in [1.807, 2.05) is 6.07 Å². The maximum Gasteiger partial charge on any atom is 0.251 e. The second-order valence-corrected chi connectivity index (χ2v) is 4.46. The summed E-state index contributed by atoms with van der Waals surface area (Å²) in [5.74, 6) is -1.27. The lowest BCUT2D eigenvalue weighted by Crippen LogP contribution is -2.24. The van der Waals surface area contributed by atoms with E-state index in [1.54, 1.807) is 24.3 Å². The monoisotopic (exact) mass is 275 g/mol. The Hall–Kier alpha value is -2.23. The minimum Gasteiger partial charge on any atom is -0.352 e. The van der Waals surface area contributed by atoms with Crippen LogP contribution in [0.2, 0.25) is 0 Å². The van der Waals surface area contributed by atoms with Gasteiger partial charge in [0.25, 0.3) is 5.91 Å². The summed E-state index contributed by atoms with van der Waals surface area (Å²) in [6.07, 6.45) is 1.06. The third-order valence-electron chi connectivity index (χ3n) is 2.96. The maximum absolute atomic E-state index is 13.4. The zero-order valence-corrected chi connectivity index (χ0v) is 10.9. The van der Waals surface area contributed by atoms with Gasteiger partial charge in [-0.15, -0.1) is 0 Å². The van der Waals surface area contributed by atoms with Crippen LogP contribution in [0.5, 0.6) is 0 Å². The van der Waals surface area contributed by atoms with E-state index >= 15 is 0 Å². The van der Waals surface area contributed by atoms with Crippen LogP contribution >= 0.6 is 0 Å². The Morgan fingerprint density at radius 3 is 2.50 bits per heavy atom. The Bertz CT molecular complexity index is 584. The van der Waals surface area contributed by atoms with Crippen molar-refractivity contribution in [2.75, 3.05) is 6.54 Å². The molecule has 2 aromatic carbocycles. The Morgan fingerprint density at radius 2 is 1.80 bits per heavy atom. The van der Waals surface area contributed by atoms with E-state index < -0.39 is 11.6 Å². The van der Waals surface area contributed by atoms with Crippen LogP contribution in [0.15, 0.2) is 48.5 Å². The summed E-state index contributed by atoms with van der Waals surface area (Å²) >= 11 is 0. The Balaban J connectivity index is 1.78. The predicted octanol–water partition coefficient (Wildman–Crippen LogP) is 3.33. The molecule has 0 heterocycles. The van der Waals surface area contributed by atoms with Gasteiger partial charge in [0.15, 0.2) is 0 Å². The van der Waals surface area contributed by atoms with E-state index in [0.29, 0.717) is 30.5 Å². The maximum atomic E-state index is 13.4. The lowest BCUT2D eigenvalue weighted by atomic mass is 10.1. The molecule has 0 aliphatic rings. The second kappa shape index (κ2) is 6.80. The van der Waals surface area contributed by atoms with Gasteiger partial charge < -0.3 is 5.32 Å². The minimum absolute atomic E-state index is 0.148. The van der Waals surface area contributed by atoms with E-state index in [0.717, 1.165) is 6.07 Å². The predicted molar refractivity (Wildman–Crippen MR) is 73.5 cm³/mol. The van der Waals surface area contributed by atoms with Crippen LogP contribution in [0, 0.1) is 11.6 Å². The first-order valence-electron chi connectivity index (χ1n) is 6.44. The van der Waals surface area contributed by atoms with Gasteiger partial charge in [0, 0.05) is 18.2 Å². The zero-order chi connectivity index (χ0) is 14.4. The minimum atomic E-state index is -0.580. The third-order valence-corrected chi connectivity index (χ3v) is 2.96.